The zero-order chi connectivity index (χ0) is 19.6. The van der Waals surface area contributed by atoms with E-state index in [-0.39, 0.29) is 5.75 Å². The van der Waals surface area contributed by atoms with Gasteiger partial charge in [-0.15, -0.1) is 0 Å². The third kappa shape index (κ3) is 3.34. The maximum Gasteiger partial charge on any atom is 0.124 e. The first-order valence-electron chi connectivity index (χ1n) is 9.49. The average Bonchev–Trinajstić information content (AvgIpc) is 2.79. The molecule has 138 valence electrons. The first-order chi connectivity index (χ1) is 14.3. The van der Waals surface area contributed by atoms with Crippen LogP contribution in [0.4, 0.5) is 0 Å². The molecule has 0 aliphatic rings. The monoisotopic (exact) mass is 374 g/mol. The van der Waals surface area contributed by atoms with Gasteiger partial charge in [0.05, 0.1) is 17.1 Å². The normalized spacial score (nSPS) is 10.9. The van der Waals surface area contributed by atoms with Crippen molar-refractivity contribution < 1.29 is 5.11 Å². The molecular formula is C26H18N2O. The molecule has 0 spiro atoms. The molecule has 0 bridgehead atoms. The van der Waals surface area contributed by atoms with Gasteiger partial charge in [-0.05, 0) is 41.8 Å². The molecule has 5 rings (SSSR count). The third-order valence-electron chi connectivity index (χ3n) is 5.01. The van der Waals surface area contributed by atoms with Gasteiger partial charge in [0.25, 0.3) is 0 Å². The van der Waals surface area contributed by atoms with Gasteiger partial charge in [-0.2, -0.15) is 0 Å². The molecule has 0 atom stereocenters. The molecule has 0 aliphatic heterocycles. The minimum Gasteiger partial charge on any atom is -0.507 e. The van der Waals surface area contributed by atoms with Gasteiger partial charge in [-0.1, -0.05) is 60.7 Å². The summed E-state index contributed by atoms with van der Waals surface area (Å²) in [4.78, 5) is 9.41. The summed E-state index contributed by atoms with van der Waals surface area (Å²) < 4.78 is 0. The number of aromatic hydroxyl groups is 1. The van der Waals surface area contributed by atoms with Crippen LogP contribution in [0.5, 0.6) is 5.75 Å². The Balaban J connectivity index is 1.56. The van der Waals surface area contributed by atoms with Crippen LogP contribution in [0.15, 0.2) is 103 Å². The van der Waals surface area contributed by atoms with Gasteiger partial charge in [0.15, 0.2) is 0 Å². The van der Waals surface area contributed by atoms with Crippen molar-refractivity contribution in [1.82, 2.24) is 9.97 Å². The van der Waals surface area contributed by atoms with Crippen molar-refractivity contribution in [2.24, 2.45) is 0 Å². The Bertz CT molecular complexity index is 1330. The number of hydrogen-bond donors (Lipinski definition) is 1. The van der Waals surface area contributed by atoms with E-state index in [1.165, 1.54) is 5.39 Å². The van der Waals surface area contributed by atoms with Crippen molar-refractivity contribution in [3.63, 3.8) is 0 Å². The second kappa shape index (κ2) is 7.21. The number of phenolic OH excluding ortho intramolecular Hbond substituents is 1. The van der Waals surface area contributed by atoms with Crippen molar-refractivity contribution in [3.8, 4) is 39.5 Å². The Morgan fingerprint density at radius 2 is 1.24 bits per heavy atom. The van der Waals surface area contributed by atoms with Crippen LogP contribution in [0.2, 0.25) is 0 Å². The lowest BCUT2D eigenvalue weighted by molar-refractivity contribution is 0.477. The number of rotatable bonds is 3. The molecule has 3 nitrogen and oxygen atoms in total. The first-order valence-corrected chi connectivity index (χ1v) is 9.49. The van der Waals surface area contributed by atoms with Gasteiger partial charge in [0, 0.05) is 28.3 Å². The third-order valence-corrected chi connectivity index (χ3v) is 5.01. The lowest BCUT2D eigenvalue weighted by Crippen LogP contribution is -1.90. The number of fused-ring (bicyclic) bond motifs is 1. The molecule has 0 fully saturated rings. The summed E-state index contributed by atoms with van der Waals surface area (Å²) in [6, 6.07) is 31.7. The van der Waals surface area contributed by atoms with Crippen LogP contribution in [0.1, 0.15) is 0 Å². The molecule has 0 saturated heterocycles. The quantitative estimate of drug-likeness (QED) is 0.401. The molecule has 1 N–H and O–H groups in total. The van der Waals surface area contributed by atoms with Gasteiger partial charge in [-0.25, -0.2) is 4.98 Å². The summed E-state index contributed by atoms with van der Waals surface area (Å²) in [6.07, 6.45) is 1.91. The lowest BCUT2D eigenvalue weighted by Gasteiger charge is -2.09. The van der Waals surface area contributed by atoms with Gasteiger partial charge in [-0.3, -0.25) is 4.98 Å². The van der Waals surface area contributed by atoms with E-state index in [9.17, 15) is 5.11 Å². The number of benzene rings is 3. The van der Waals surface area contributed by atoms with Crippen LogP contribution in [-0.2, 0) is 0 Å². The van der Waals surface area contributed by atoms with Crippen LogP contribution in [0, 0.1) is 0 Å². The summed E-state index contributed by atoms with van der Waals surface area (Å²) >= 11 is 0. The van der Waals surface area contributed by atoms with Crippen LogP contribution in [0.3, 0.4) is 0 Å². The van der Waals surface area contributed by atoms with Crippen molar-refractivity contribution >= 4 is 10.8 Å². The van der Waals surface area contributed by atoms with Crippen molar-refractivity contribution in [2.75, 3.05) is 0 Å². The zero-order valence-electron chi connectivity index (χ0n) is 15.7. The molecule has 0 unspecified atom stereocenters. The van der Waals surface area contributed by atoms with E-state index in [1.54, 1.807) is 6.07 Å². The van der Waals surface area contributed by atoms with Crippen LogP contribution in [0.25, 0.3) is 44.5 Å². The first kappa shape index (κ1) is 17.1. The zero-order valence-corrected chi connectivity index (χ0v) is 15.7. The topological polar surface area (TPSA) is 46.0 Å². The molecular weight excluding hydrogens is 356 g/mol. The van der Waals surface area contributed by atoms with E-state index in [2.05, 4.69) is 35.3 Å². The minimum atomic E-state index is 0.228. The van der Waals surface area contributed by atoms with E-state index in [0.717, 1.165) is 39.2 Å². The molecule has 3 heteroatoms. The molecule has 5 aromatic rings. The summed E-state index contributed by atoms with van der Waals surface area (Å²) in [6.45, 7) is 0. The number of aromatic nitrogens is 2. The Morgan fingerprint density at radius 3 is 2.10 bits per heavy atom. The smallest absolute Gasteiger partial charge is 0.124 e. The van der Waals surface area contributed by atoms with Gasteiger partial charge < -0.3 is 5.11 Å². The lowest BCUT2D eigenvalue weighted by atomic mass is 10.0. The van der Waals surface area contributed by atoms with Gasteiger partial charge in [0.1, 0.15) is 5.75 Å². The summed E-state index contributed by atoms with van der Waals surface area (Å²) in [7, 11) is 0. The molecule has 29 heavy (non-hydrogen) atoms. The highest BCUT2D eigenvalue weighted by Gasteiger charge is 2.08. The molecule has 3 aromatic carbocycles. The number of hydrogen-bond acceptors (Lipinski definition) is 3. The Kier molecular flexibility index (Phi) is 4.26. The molecule has 0 aliphatic carbocycles. The van der Waals surface area contributed by atoms with Crippen molar-refractivity contribution in [3.05, 3.63) is 103 Å². The highest BCUT2D eigenvalue weighted by Crippen LogP contribution is 2.30. The molecule has 2 aromatic heterocycles. The highest BCUT2D eigenvalue weighted by atomic mass is 16.3. The van der Waals surface area contributed by atoms with Gasteiger partial charge >= 0.3 is 0 Å². The van der Waals surface area contributed by atoms with Crippen molar-refractivity contribution in [2.45, 2.75) is 0 Å². The highest BCUT2D eigenvalue weighted by molar-refractivity contribution is 5.85. The Hall–Kier alpha value is -3.98. The maximum atomic E-state index is 10.2. The minimum absolute atomic E-state index is 0.228. The number of pyridine rings is 2. The number of phenols is 1. The Labute approximate surface area is 169 Å². The molecule has 0 radical (unpaired) electrons. The van der Waals surface area contributed by atoms with E-state index < -0.39 is 0 Å². The SMILES string of the molecule is Oc1ccccc1-c1cccc(-c2cccc(-c3cc4ccccc4cn3)c2)n1. The average molecular weight is 374 g/mol. The number of nitrogens with zero attached hydrogens (tertiary/aromatic N) is 2. The van der Waals surface area contributed by atoms with Gasteiger partial charge in [0.2, 0.25) is 0 Å². The van der Waals surface area contributed by atoms with Crippen LogP contribution >= 0.6 is 0 Å². The van der Waals surface area contributed by atoms with E-state index in [1.807, 2.05) is 66.9 Å². The number of para-hydroxylation sites is 1. The molecule has 2 heterocycles. The Morgan fingerprint density at radius 1 is 0.552 bits per heavy atom. The van der Waals surface area contributed by atoms with E-state index in [4.69, 9.17) is 4.98 Å². The summed E-state index contributed by atoms with van der Waals surface area (Å²) in [5.74, 6) is 0.228. The second-order valence-electron chi connectivity index (χ2n) is 6.92. The van der Waals surface area contributed by atoms with E-state index in [0.29, 0.717) is 0 Å². The molecule has 0 amide bonds. The standard InChI is InChI=1S/C26H18N2O/c29-26-14-4-3-11-22(26)24-13-6-12-23(28-24)19-9-5-10-20(15-19)25-16-18-7-1-2-8-21(18)17-27-25/h1-17,29H. The predicted octanol–water partition coefficient (Wildman–Crippen LogP) is 6.34. The fraction of sp³-hybridized carbons (Fsp3) is 0. The fourth-order valence-electron chi connectivity index (χ4n) is 3.52. The van der Waals surface area contributed by atoms with Crippen molar-refractivity contribution in [1.29, 1.82) is 0 Å². The van der Waals surface area contributed by atoms with Crippen LogP contribution < -0.4 is 0 Å². The van der Waals surface area contributed by atoms with E-state index >= 15 is 0 Å². The summed E-state index contributed by atoms with van der Waals surface area (Å²) in [5, 5.41) is 12.5. The second-order valence-corrected chi connectivity index (χ2v) is 6.92. The largest absolute Gasteiger partial charge is 0.507 e. The maximum absolute atomic E-state index is 10.2. The predicted molar refractivity (Wildman–Crippen MR) is 118 cm³/mol. The fourth-order valence-corrected chi connectivity index (χ4v) is 3.52. The molecule has 0 saturated carbocycles. The summed E-state index contributed by atoms with van der Waals surface area (Å²) in [5.41, 5.74) is 5.31. The van der Waals surface area contributed by atoms with Crippen LogP contribution in [-0.4, -0.2) is 15.1 Å².